The molecule has 3 aromatic carbocycles. The number of hydrogen-bond donors (Lipinski definition) is 1. The van der Waals surface area contributed by atoms with Crippen LogP contribution in [0.4, 0.5) is 0 Å². The van der Waals surface area contributed by atoms with Gasteiger partial charge in [-0.15, -0.1) is 0 Å². The molecule has 1 aliphatic rings. The van der Waals surface area contributed by atoms with Gasteiger partial charge in [0.1, 0.15) is 0 Å². The van der Waals surface area contributed by atoms with Gasteiger partial charge in [-0.1, -0.05) is 42.0 Å². The van der Waals surface area contributed by atoms with Gasteiger partial charge in [-0.25, -0.2) is 0 Å². The average molecular weight is 447 g/mol. The molecule has 0 fully saturated rings. The van der Waals surface area contributed by atoms with Crippen LogP contribution in [0.5, 0.6) is 28.7 Å². The maximum absolute atomic E-state index is 11.0. The molecule has 0 amide bonds. The van der Waals surface area contributed by atoms with Gasteiger partial charge in [-0.05, 0) is 66.1 Å². The molecule has 33 heavy (non-hydrogen) atoms. The van der Waals surface area contributed by atoms with Gasteiger partial charge in [0.25, 0.3) is 0 Å². The maximum atomic E-state index is 11.0. The van der Waals surface area contributed by atoms with E-state index < -0.39 is 0 Å². The smallest absolute Gasteiger partial charge is 0.203 e. The molecule has 0 aliphatic heterocycles. The molecular weight excluding hydrogens is 416 g/mol. The lowest BCUT2D eigenvalue weighted by atomic mass is 9.87. The summed E-state index contributed by atoms with van der Waals surface area (Å²) in [6.45, 7) is 0. The van der Waals surface area contributed by atoms with Gasteiger partial charge in [-0.3, -0.25) is 0 Å². The van der Waals surface area contributed by atoms with E-state index in [2.05, 4.69) is 24.3 Å². The third-order valence-electron chi connectivity index (χ3n) is 6.21. The molecular formula is C28H30O5. The highest BCUT2D eigenvalue weighted by Gasteiger charge is 2.25. The fourth-order valence-corrected chi connectivity index (χ4v) is 4.66. The van der Waals surface area contributed by atoms with E-state index in [0.29, 0.717) is 23.0 Å². The minimum absolute atomic E-state index is 0.209. The van der Waals surface area contributed by atoms with Crippen LogP contribution in [0.25, 0.3) is 5.57 Å². The molecule has 0 atom stereocenters. The Bertz CT molecular complexity index is 1140. The Labute approximate surface area is 195 Å². The van der Waals surface area contributed by atoms with E-state index in [9.17, 15) is 5.11 Å². The largest absolute Gasteiger partial charge is 0.504 e. The quantitative estimate of drug-likeness (QED) is 0.497. The number of methoxy groups -OCH3 is 4. The van der Waals surface area contributed by atoms with Crippen molar-refractivity contribution >= 4 is 5.57 Å². The summed E-state index contributed by atoms with van der Waals surface area (Å²) in [5, 5.41) is 11.0. The number of phenolic OH excluding ortho intramolecular Hbond substituents is 1. The third kappa shape index (κ3) is 4.36. The molecule has 0 aromatic heterocycles. The Morgan fingerprint density at radius 2 is 1.42 bits per heavy atom. The Kier molecular flexibility index (Phi) is 6.78. The molecule has 0 saturated carbocycles. The Morgan fingerprint density at radius 3 is 2.03 bits per heavy atom. The topological polar surface area (TPSA) is 57.2 Å². The van der Waals surface area contributed by atoms with Crippen molar-refractivity contribution < 1.29 is 24.1 Å². The minimum Gasteiger partial charge on any atom is -0.504 e. The predicted molar refractivity (Wildman–Crippen MR) is 130 cm³/mol. The van der Waals surface area contributed by atoms with Crippen LogP contribution in [0.1, 0.15) is 35.1 Å². The second-order valence-electron chi connectivity index (χ2n) is 8.05. The molecule has 0 unspecified atom stereocenters. The number of ether oxygens (including phenoxy) is 4. The van der Waals surface area contributed by atoms with Gasteiger partial charge in [0.05, 0.1) is 28.4 Å². The molecule has 0 radical (unpaired) electrons. The molecule has 5 nitrogen and oxygen atoms in total. The summed E-state index contributed by atoms with van der Waals surface area (Å²) in [6, 6.07) is 18.3. The highest BCUT2D eigenvalue weighted by molar-refractivity contribution is 5.87. The van der Waals surface area contributed by atoms with E-state index in [4.69, 9.17) is 18.9 Å². The fraction of sp³-hybridized carbons (Fsp3) is 0.286. The van der Waals surface area contributed by atoms with E-state index >= 15 is 0 Å². The number of fused-ring (bicyclic) bond motifs is 1. The summed E-state index contributed by atoms with van der Waals surface area (Å²) in [5.74, 6) is 2.45. The summed E-state index contributed by atoms with van der Waals surface area (Å²) >= 11 is 0. The summed E-state index contributed by atoms with van der Waals surface area (Å²) in [6.07, 6.45) is 3.44. The average Bonchev–Trinajstić information content (AvgIpc) is 3.03. The first-order valence-corrected chi connectivity index (χ1v) is 11.1. The fourth-order valence-electron chi connectivity index (χ4n) is 4.66. The summed E-state index contributed by atoms with van der Waals surface area (Å²) in [5.41, 5.74) is 6.51. The zero-order chi connectivity index (χ0) is 23.4. The van der Waals surface area contributed by atoms with Crippen LogP contribution in [0.3, 0.4) is 0 Å². The van der Waals surface area contributed by atoms with Crippen molar-refractivity contribution in [1.82, 2.24) is 0 Å². The van der Waals surface area contributed by atoms with E-state index in [0.717, 1.165) is 47.9 Å². The lowest BCUT2D eigenvalue weighted by Gasteiger charge is -2.20. The Hall–Kier alpha value is -3.60. The zero-order valence-corrected chi connectivity index (χ0v) is 19.6. The number of phenols is 1. The van der Waals surface area contributed by atoms with E-state index in [1.807, 2.05) is 30.3 Å². The molecule has 172 valence electrons. The molecule has 3 aromatic rings. The van der Waals surface area contributed by atoms with Crippen molar-refractivity contribution in [2.75, 3.05) is 28.4 Å². The van der Waals surface area contributed by atoms with Crippen LogP contribution in [0.15, 0.2) is 60.2 Å². The van der Waals surface area contributed by atoms with Crippen molar-refractivity contribution in [3.63, 3.8) is 0 Å². The monoisotopic (exact) mass is 446 g/mol. The van der Waals surface area contributed by atoms with Crippen LogP contribution in [-0.4, -0.2) is 33.5 Å². The second-order valence-corrected chi connectivity index (χ2v) is 8.05. The minimum atomic E-state index is 0.209. The zero-order valence-electron chi connectivity index (χ0n) is 19.6. The van der Waals surface area contributed by atoms with E-state index in [-0.39, 0.29) is 5.75 Å². The SMILES string of the molecule is COc1ccc2c(c1O)CCCC(Cc1ccccc1)=C2c1cc(OC)c(OC)c(OC)c1. The Balaban J connectivity index is 2.00. The first-order valence-electron chi connectivity index (χ1n) is 11.1. The third-order valence-corrected chi connectivity index (χ3v) is 6.21. The molecule has 0 heterocycles. The van der Waals surface area contributed by atoms with Gasteiger partial charge >= 0.3 is 0 Å². The summed E-state index contributed by atoms with van der Waals surface area (Å²) in [4.78, 5) is 0. The number of rotatable bonds is 7. The molecule has 0 bridgehead atoms. The van der Waals surface area contributed by atoms with Crippen LogP contribution >= 0.6 is 0 Å². The molecule has 5 heteroatoms. The number of aromatic hydroxyl groups is 1. The van der Waals surface area contributed by atoms with Crippen molar-refractivity contribution in [2.45, 2.75) is 25.7 Å². The second kappa shape index (κ2) is 9.90. The van der Waals surface area contributed by atoms with Crippen molar-refractivity contribution in [2.24, 2.45) is 0 Å². The number of hydrogen-bond acceptors (Lipinski definition) is 5. The standard InChI is InChI=1S/C28H30O5/c1-30-23-14-13-21-22(27(23)29)12-8-11-19(15-18-9-6-5-7-10-18)26(21)20-16-24(31-2)28(33-4)25(17-20)32-3/h5-7,9-10,13-14,16-17,29H,8,11-12,15H2,1-4H3. The van der Waals surface area contributed by atoms with Gasteiger partial charge < -0.3 is 24.1 Å². The van der Waals surface area contributed by atoms with Crippen molar-refractivity contribution in [1.29, 1.82) is 0 Å². The maximum Gasteiger partial charge on any atom is 0.203 e. The van der Waals surface area contributed by atoms with E-state index in [1.54, 1.807) is 28.4 Å². The lowest BCUT2D eigenvalue weighted by molar-refractivity contribution is 0.324. The molecule has 0 spiro atoms. The van der Waals surface area contributed by atoms with Gasteiger partial charge in [-0.2, -0.15) is 0 Å². The first kappa shape index (κ1) is 22.6. The number of allylic oxidation sites excluding steroid dienone is 1. The lowest BCUT2D eigenvalue weighted by Crippen LogP contribution is -2.02. The molecule has 4 rings (SSSR count). The van der Waals surface area contributed by atoms with E-state index in [1.165, 1.54) is 11.1 Å². The van der Waals surface area contributed by atoms with Crippen LogP contribution in [0.2, 0.25) is 0 Å². The number of benzene rings is 3. The predicted octanol–water partition coefficient (Wildman–Crippen LogP) is 5.81. The van der Waals surface area contributed by atoms with Gasteiger partial charge in [0, 0.05) is 5.56 Å². The molecule has 1 N–H and O–H groups in total. The summed E-state index contributed by atoms with van der Waals surface area (Å²) < 4.78 is 22.2. The normalized spacial score (nSPS) is 13.2. The molecule has 1 aliphatic carbocycles. The van der Waals surface area contributed by atoms with Crippen LogP contribution < -0.4 is 18.9 Å². The Morgan fingerprint density at radius 1 is 0.758 bits per heavy atom. The van der Waals surface area contributed by atoms with Crippen molar-refractivity contribution in [3.8, 4) is 28.7 Å². The first-order chi connectivity index (χ1) is 16.1. The molecule has 0 saturated heterocycles. The van der Waals surface area contributed by atoms with Gasteiger partial charge in [0.2, 0.25) is 5.75 Å². The highest BCUT2D eigenvalue weighted by Crippen LogP contribution is 2.46. The van der Waals surface area contributed by atoms with Gasteiger partial charge in [0.15, 0.2) is 23.0 Å². The highest BCUT2D eigenvalue weighted by atomic mass is 16.5. The summed E-state index contributed by atoms with van der Waals surface area (Å²) in [7, 11) is 6.43. The van der Waals surface area contributed by atoms with Crippen LogP contribution in [0, 0.1) is 0 Å². The van der Waals surface area contributed by atoms with Crippen LogP contribution in [-0.2, 0) is 12.8 Å². The van der Waals surface area contributed by atoms with Crippen molar-refractivity contribution in [3.05, 3.63) is 82.4 Å².